The van der Waals surface area contributed by atoms with Crippen molar-refractivity contribution in [3.63, 3.8) is 0 Å². The van der Waals surface area contributed by atoms with Crippen LogP contribution in [0.25, 0.3) is 0 Å². The number of rotatable bonds is 4. The maximum absolute atomic E-state index is 12.9. The molecule has 156 valence electrons. The van der Waals surface area contributed by atoms with E-state index in [1.807, 2.05) is 38.1 Å². The van der Waals surface area contributed by atoms with Gasteiger partial charge in [-0.2, -0.15) is 0 Å². The van der Waals surface area contributed by atoms with Crippen molar-refractivity contribution in [3.8, 4) is 0 Å². The molecule has 3 aliphatic carbocycles. The zero-order valence-electron chi connectivity index (χ0n) is 17.5. The number of hydrogen-bond donors (Lipinski definition) is 0. The molecule has 5 unspecified atom stereocenters. The van der Waals surface area contributed by atoms with E-state index in [2.05, 4.69) is 0 Å². The van der Waals surface area contributed by atoms with Gasteiger partial charge in [0.25, 0.3) is 0 Å². The average Bonchev–Trinajstić information content (AvgIpc) is 3.43. The van der Waals surface area contributed by atoms with E-state index >= 15 is 0 Å². The van der Waals surface area contributed by atoms with Crippen LogP contribution in [0.15, 0.2) is 48.5 Å². The minimum atomic E-state index is -0.369. The Morgan fingerprint density at radius 2 is 1.27 bits per heavy atom. The lowest BCUT2D eigenvalue weighted by Crippen LogP contribution is -2.37. The largest absolute Gasteiger partial charge is 0.455 e. The van der Waals surface area contributed by atoms with Gasteiger partial charge in [-0.1, -0.05) is 35.4 Å². The summed E-state index contributed by atoms with van der Waals surface area (Å²) >= 11 is 0. The van der Waals surface area contributed by atoms with Gasteiger partial charge >= 0.3 is 11.9 Å². The van der Waals surface area contributed by atoms with E-state index in [0.717, 1.165) is 17.5 Å². The highest BCUT2D eigenvalue weighted by Gasteiger charge is 2.59. The van der Waals surface area contributed by atoms with Crippen molar-refractivity contribution in [1.82, 2.24) is 0 Å². The summed E-state index contributed by atoms with van der Waals surface area (Å²) in [4.78, 5) is 25.7. The Hall–Kier alpha value is -2.62. The van der Waals surface area contributed by atoms with Crippen molar-refractivity contribution >= 4 is 11.9 Å². The van der Waals surface area contributed by atoms with E-state index in [1.165, 1.54) is 19.3 Å². The summed E-state index contributed by atoms with van der Waals surface area (Å²) in [5.74, 6) is 1.43. The lowest BCUT2D eigenvalue weighted by Gasteiger charge is -2.29. The molecule has 0 spiro atoms. The van der Waals surface area contributed by atoms with Crippen LogP contribution in [-0.4, -0.2) is 24.1 Å². The van der Waals surface area contributed by atoms with Crippen LogP contribution in [0.5, 0.6) is 0 Å². The monoisotopic (exact) mass is 404 g/mol. The van der Waals surface area contributed by atoms with Crippen LogP contribution < -0.4 is 0 Å². The zero-order valence-corrected chi connectivity index (χ0v) is 17.5. The zero-order chi connectivity index (χ0) is 20.8. The van der Waals surface area contributed by atoms with Gasteiger partial charge in [0.1, 0.15) is 12.2 Å². The van der Waals surface area contributed by atoms with Gasteiger partial charge in [-0.15, -0.1) is 0 Å². The number of carbonyl (C=O) groups excluding carboxylic acids is 2. The standard InChI is InChI=1S/C26H28O4/c1-15-3-7-17(8-4-15)25(27)29-22-14-21-19-11-12-20(13-19)23(21)24(22)30-26(28)18-9-5-16(2)6-10-18/h3-10,19-24H,11-14H2,1-2H3/t19?,20?,21?,22?,23-,24?/m0/s1. The number of hydrogen-bond acceptors (Lipinski definition) is 4. The number of benzene rings is 2. The molecule has 0 aromatic heterocycles. The first-order valence-electron chi connectivity index (χ1n) is 11.0. The highest BCUT2D eigenvalue weighted by molar-refractivity contribution is 5.90. The lowest BCUT2D eigenvalue weighted by atomic mass is 9.81. The molecule has 30 heavy (non-hydrogen) atoms. The van der Waals surface area contributed by atoms with E-state index in [4.69, 9.17) is 9.47 Å². The fourth-order valence-electron chi connectivity index (χ4n) is 6.01. The van der Waals surface area contributed by atoms with Crippen LogP contribution in [0.4, 0.5) is 0 Å². The van der Waals surface area contributed by atoms with Gasteiger partial charge in [0.2, 0.25) is 0 Å². The van der Waals surface area contributed by atoms with Crippen LogP contribution in [0.2, 0.25) is 0 Å². The lowest BCUT2D eigenvalue weighted by molar-refractivity contribution is -0.0416. The predicted molar refractivity (Wildman–Crippen MR) is 113 cm³/mol. The Kier molecular flexibility index (Phi) is 4.88. The molecule has 0 radical (unpaired) electrons. The summed E-state index contributed by atoms with van der Waals surface area (Å²) in [7, 11) is 0. The van der Waals surface area contributed by atoms with Crippen molar-refractivity contribution < 1.29 is 19.1 Å². The first-order chi connectivity index (χ1) is 14.5. The molecule has 0 aliphatic heterocycles. The SMILES string of the molecule is Cc1ccc(C(=O)OC2CC3C4CCC(C4)[C@@H]3C2OC(=O)c2ccc(C)cc2)cc1. The molecule has 2 bridgehead atoms. The molecule has 0 N–H and O–H groups in total. The van der Waals surface area contributed by atoms with Crippen LogP contribution in [0.1, 0.15) is 57.5 Å². The predicted octanol–water partition coefficient (Wildman–Crippen LogP) is 5.12. The van der Waals surface area contributed by atoms with Gasteiger partial charge in [-0.25, -0.2) is 9.59 Å². The van der Waals surface area contributed by atoms with E-state index in [9.17, 15) is 9.59 Å². The number of fused-ring (bicyclic) bond motifs is 5. The second-order valence-corrected chi connectivity index (χ2v) is 9.36. The number of ether oxygens (including phenoxy) is 2. The second kappa shape index (κ2) is 7.57. The van der Waals surface area contributed by atoms with E-state index in [0.29, 0.717) is 34.8 Å². The van der Waals surface area contributed by atoms with Gasteiger partial charge in [-0.05, 0) is 81.5 Å². The number of esters is 2. The highest BCUT2D eigenvalue weighted by Crippen LogP contribution is 2.60. The van der Waals surface area contributed by atoms with Gasteiger partial charge in [0.15, 0.2) is 0 Å². The Bertz CT molecular complexity index is 946. The number of aryl methyl sites for hydroxylation is 2. The second-order valence-electron chi connectivity index (χ2n) is 9.36. The van der Waals surface area contributed by atoms with Crippen molar-refractivity contribution in [3.05, 3.63) is 70.8 Å². The Morgan fingerprint density at radius 1 is 0.733 bits per heavy atom. The van der Waals surface area contributed by atoms with Crippen LogP contribution >= 0.6 is 0 Å². The molecule has 4 nitrogen and oxygen atoms in total. The normalized spacial score (nSPS) is 31.4. The third-order valence-electron chi connectivity index (χ3n) is 7.48. The van der Waals surface area contributed by atoms with Crippen molar-refractivity contribution in [2.45, 2.75) is 51.7 Å². The minimum Gasteiger partial charge on any atom is -0.455 e. The number of carbonyl (C=O) groups is 2. The third-order valence-corrected chi connectivity index (χ3v) is 7.48. The van der Waals surface area contributed by atoms with E-state index < -0.39 is 0 Å². The molecule has 0 heterocycles. The molecule has 6 atom stereocenters. The molecular weight excluding hydrogens is 376 g/mol. The van der Waals surface area contributed by atoms with Crippen molar-refractivity contribution in [1.29, 1.82) is 0 Å². The van der Waals surface area contributed by atoms with Crippen molar-refractivity contribution in [2.24, 2.45) is 23.7 Å². The summed E-state index contributed by atoms with van der Waals surface area (Å²) in [5.41, 5.74) is 3.30. The van der Waals surface area contributed by atoms with Crippen LogP contribution in [0.3, 0.4) is 0 Å². The van der Waals surface area contributed by atoms with Gasteiger partial charge < -0.3 is 9.47 Å². The van der Waals surface area contributed by atoms with Crippen LogP contribution in [-0.2, 0) is 9.47 Å². The van der Waals surface area contributed by atoms with E-state index in [1.54, 1.807) is 24.3 Å². The Labute approximate surface area is 177 Å². The summed E-state index contributed by atoms with van der Waals surface area (Å²) in [6.07, 6.45) is 3.76. The third kappa shape index (κ3) is 3.42. The molecule has 0 saturated heterocycles. The maximum Gasteiger partial charge on any atom is 0.338 e. The first-order valence-corrected chi connectivity index (χ1v) is 11.0. The highest BCUT2D eigenvalue weighted by atomic mass is 16.6. The van der Waals surface area contributed by atoms with Crippen molar-refractivity contribution in [2.75, 3.05) is 0 Å². The van der Waals surface area contributed by atoms with Gasteiger partial charge in [0.05, 0.1) is 11.1 Å². The van der Waals surface area contributed by atoms with Gasteiger partial charge in [0, 0.05) is 5.92 Å². The topological polar surface area (TPSA) is 52.6 Å². The summed E-state index contributed by atoms with van der Waals surface area (Å²) in [6, 6.07) is 14.9. The van der Waals surface area contributed by atoms with E-state index in [-0.39, 0.29) is 24.1 Å². The summed E-state index contributed by atoms with van der Waals surface area (Å²) in [6.45, 7) is 3.98. The molecule has 4 heteroatoms. The molecule has 5 rings (SSSR count). The molecular formula is C26H28O4. The molecule has 3 fully saturated rings. The Balaban J connectivity index is 1.36. The molecule has 0 amide bonds. The summed E-state index contributed by atoms with van der Waals surface area (Å²) in [5, 5.41) is 0. The van der Waals surface area contributed by atoms with Crippen LogP contribution in [0, 0.1) is 37.5 Å². The maximum atomic E-state index is 12.9. The molecule has 3 aliphatic rings. The average molecular weight is 405 g/mol. The van der Waals surface area contributed by atoms with Gasteiger partial charge in [-0.3, -0.25) is 0 Å². The first kappa shape index (κ1) is 19.3. The summed E-state index contributed by atoms with van der Waals surface area (Å²) < 4.78 is 12.0. The molecule has 3 saturated carbocycles. The quantitative estimate of drug-likeness (QED) is 0.664. The fourth-order valence-corrected chi connectivity index (χ4v) is 6.01. The fraction of sp³-hybridized carbons (Fsp3) is 0.462. The molecule has 2 aromatic rings. The molecule has 2 aromatic carbocycles. The minimum absolute atomic E-state index is 0.314. The smallest absolute Gasteiger partial charge is 0.338 e. The Morgan fingerprint density at radius 3 is 1.87 bits per heavy atom.